The van der Waals surface area contributed by atoms with E-state index in [-0.39, 0.29) is 16.7 Å². The molecule has 1 amide bonds. The van der Waals surface area contributed by atoms with Crippen molar-refractivity contribution < 1.29 is 22.7 Å². The van der Waals surface area contributed by atoms with Gasteiger partial charge in [0.2, 0.25) is 11.8 Å². The number of carbonyl (C=O) groups is 1. The van der Waals surface area contributed by atoms with E-state index in [9.17, 15) is 18.0 Å². The van der Waals surface area contributed by atoms with E-state index in [1.165, 1.54) is 12.1 Å². The molecule has 0 saturated heterocycles. The Morgan fingerprint density at radius 3 is 2.63 bits per heavy atom. The number of anilines is 1. The lowest BCUT2D eigenvalue weighted by molar-refractivity contribution is -0.118. The van der Waals surface area contributed by atoms with Crippen molar-refractivity contribution in [3.05, 3.63) is 65.3 Å². The van der Waals surface area contributed by atoms with Gasteiger partial charge in [-0.25, -0.2) is 9.98 Å². The van der Waals surface area contributed by atoms with Gasteiger partial charge in [0.25, 0.3) is 5.91 Å². The van der Waals surface area contributed by atoms with Gasteiger partial charge >= 0.3 is 6.18 Å². The minimum absolute atomic E-state index is 0.151. The number of nitrogens with one attached hydrogen (secondary N) is 2. The van der Waals surface area contributed by atoms with Crippen LogP contribution in [-0.4, -0.2) is 34.6 Å². The van der Waals surface area contributed by atoms with Crippen molar-refractivity contribution in [2.45, 2.75) is 6.18 Å². The smallest absolute Gasteiger partial charge is 0.430 e. The number of aliphatic imine (C=N–C) groups is 1. The average molecular weight is 438 g/mol. The van der Waals surface area contributed by atoms with Gasteiger partial charge in [-0.3, -0.25) is 10.1 Å². The van der Waals surface area contributed by atoms with E-state index in [4.69, 9.17) is 22.1 Å². The molecule has 0 aliphatic heterocycles. The summed E-state index contributed by atoms with van der Waals surface area (Å²) in [5.41, 5.74) is 5.09. The summed E-state index contributed by atoms with van der Waals surface area (Å²) < 4.78 is 43.5. The molecule has 0 aliphatic carbocycles. The molecule has 3 aromatic rings. The number of hydrogen-bond acceptors (Lipinski definition) is 5. The maximum Gasteiger partial charge on any atom is 0.430 e. The van der Waals surface area contributed by atoms with E-state index in [1.807, 2.05) is 0 Å². The maximum atomic E-state index is 12.8. The number of carbonyl (C=O) groups excluding carboxylic acids is 1. The molecular formula is C19H15ClF3N5O2. The van der Waals surface area contributed by atoms with Crippen LogP contribution >= 0.6 is 11.6 Å². The highest BCUT2D eigenvalue weighted by molar-refractivity contribution is 6.33. The minimum Gasteiger partial charge on any atom is -0.467 e. The zero-order valence-corrected chi connectivity index (χ0v) is 16.0. The first kappa shape index (κ1) is 21.2. The van der Waals surface area contributed by atoms with Crippen LogP contribution in [0.1, 0.15) is 0 Å². The number of hydrogen-bond donors (Lipinski definition) is 3. The molecule has 7 nitrogen and oxygen atoms in total. The Labute approximate surface area is 173 Å². The summed E-state index contributed by atoms with van der Waals surface area (Å²) in [6.45, 7) is -0.637. The monoisotopic (exact) mass is 437 g/mol. The Balaban J connectivity index is 1.75. The fourth-order valence-electron chi connectivity index (χ4n) is 2.30. The number of aromatic amines is 1. The molecule has 1 aromatic heterocycles. The Morgan fingerprint density at radius 1 is 1.23 bits per heavy atom. The van der Waals surface area contributed by atoms with Gasteiger partial charge in [0.15, 0.2) is 6.61 Å². The zero-order chi connectivity index (χ0) is 21.7. The highest BCUT2D eigenvalue weighted by Crippen LogP contribution is 2.25. The number of alkyl halides is 3. The molecule has 3 rings (SSSR count). The third-order valence-electron chi connectivity index (χ3n) is 3.69. The molecule has 0 saturated carbocycles. The average Bonchev–Trinajstić information content (AvgIpc) is 3.09. The van der Waals surface area contributed by atoms with E-state index in [1.54, 1.807) is 36.4 Å². The molecule has 4 N–H and O–H groups in total. The summed E-state index contributed by atoms with van der Waals surface area (Å²) >= 11 is 5.97. The maximum absolute atomic E-state index is 12.8. The topological polar surface area (TPSA) is 105 Å². The molecule has 0 fully saturated rings. The first-order valence-corrected chi connectivity index (χ1v) is 8.85. The highest BCUT2D eigenvalue weighted by atomic mass is 35.5. The van der Waals surface area contributed by atoms with E-state index >= 15 is 0 Å². The van der Waals surface area contributed by atoms with E-state index < -0.39 is 30.3 Å². The van der Waals surface area contributed by atoms with Crippen molar-refractivity contribution in [2.24, 2.45) is 10.7 Å². The molecular weight excluding hydrogens is 423 g/mol. The summed E-state index contributed by atoms with van der Waals surface area (Å²) in [7, 11) is 0. The number of fused-ring (bicyclic) bond motifs is 1. The lowest BCUT2D eigenvalue weighted by atomic mass is 10.3. The van der Waals surface area contributed by atoms with Gasteiger partial charge < -0.3 is 15.5 Å². The number of nitrogens with two attached hydrogens (primary N) is 1. The Hall–Kier alpha value is -3.53. The minimum atomic E-state index is -4.79. The number of halogens is 4. The van der Waals surface area contributed by atoms with Gasteiger partial charge in [-0.1, -0.05) is 35.9 Å². The number of para-hydroxylation sites is 3. The number of rotatable bonds is 5. The second-order valence-electron chi connectivity index (χ2n) is 5.94. The van der Waals surface area contributed by atoms with Crippen molar-refractivity contribution in [1.29, 1.82) is 0 Å². The number of allylic oxidation sites excluding steroid dienone is 1. The lowest BCUT2D eigenvalue weighted by Crippen LogP contribution is -2.24. The molecule has 30 heavy (non-hydrogen) atoms. The second-order valence-corrected chi connectivity index (χ2v) is 6.35. The number of benzene rings is 2. The summed E-state index contributed by atoms with van der Waals surface area (Å²) in [4.78, 5) is 23.1. The Morgan fingerprint density at radius 2 is 1.93 bits per heavy atom. The van der Waals surface area contributed by atoms with Crippen LogP contribution in [0.25, 0.3) is 11.0 Å². The van der Waals surface area contributed by atoms with Gasteiger partial charge in [0.05, 0.1) is 21.7 Å². The predicted octanol–water partition coefficient (Wildman–Crippen LogP) is 4.31. The second kappa shape index (κ2) is 8.87. The predicted molar refractivity (Wildman–Crippen MR) is 108 cm³/mol. The highest BCUT2D eigenvalue weighted by Gasteiger charge is 2.32. The first-order chi connectivity index (χ1) is 14.2. The SMILES string of the molecule is NC(=CC(=Nc1ccccc1Cl)OCC(=O)Nc1nc2ccccc2[nH]1)C(F)(F)F. The molecule has 0 atom stereocenters. The van der Waals surface area contributed by atoms with Crippen molar-refractivity contribution >= 4 is 46.1 Å². The van der Waals surface area contributed by atoms with Gasteiger partial charge in [-0.05, 0) is 24.3 Å². The lowest BCUT2D eigenvalue weighted by Gasteiger charge is -2.10. The van der Waals surface area contributed by atoms with Crippen LogP contribution in [0.4, 0.5) is 24.8 Å². The third kappa shape index (κ3) is 5.51. The zero-order valence-electron chi connectivity index (χ0n) is 15.2. The van der Waals surface area contributed by atoms with Crippen molar-refractivity contribution in [1.82, 2.24) is 9.97 Å². The fraction of sp³-hybridized carbons (Fsp3) is 0.105. The number of imidazole rings is 1. The number of nitrogens with zero attached hydrogens (tertiary/aromatic N) is 2. The molecule has 0 radical (unpaired) electrons. The standard InChI is InChI=1S/C19H15ClF3N5O2/c20-11-5-1-2-6-12(11)25-17(9-15(24)19(21,22)23)30-10-16(29)28-18-26-13-7-3-4-8-14(13)27-18/h1-9H,10,24H2,(H2,26,27,28,29). The van der Waals surface area contributed by atoms with Gasteiger partial charge in [-0.15, -0.1) is 0 Å². The van der Waals surface area contributed by atoms with E-state index in [2.05, 4.69) is 20.3 Å². The number of H-pyrrole nitrogens is 1. The first-order valence-electron chi connectivity index (χ1n) is 8.47. The van der Waals surface area contributed by atoms with Gasteiger partial charge in [-0.2, -0.15) is 13.2 Å². The molecule has 11 heteroatoms. The van der Waals surface area contributed by atoms with Crippen molar-refractivity contribution in [3.63, 3.8) is 0 Å². The van der Waals surface area contributed by atoms with Gasteiger partial charge in [0.1, 0.15) is 5.70 Å². The largest absolute Gasteiger partial charge is 0.467 e. The van der Waals surface area contributed by atoms with Crippen LogP contribution < -0.4 is 11.1 Å². The summed E-state index contributed by atoms with van der Waals surface area (Å²) in [6.07, 6.45) is -4.31. The summed E-state index contributed by atoms with van der Waals surface area (Å²) in [5, 5.41) is 2.64. The van der Waals surface area contributed by atoms with Crippen LogP contribution in [-0.2, 0) is 9.53 Å². The van der Waals surface area contributed by atoms with Crippen LogP contribution in [0, 0.1) is 0 Å². The van der Waals surface area contributed by atoms with Crippen LogP contribution in [0.15, 0.2) is 65.3 Å². The van der Waals surface area contributed by atoms with Crippen LogP contribution in [0.2, 0.25) is 5.02 Å². The molecule has 0 bridgehead atoms. The number of amides is 1. The van der Waals surface area contributed by atoms with Crippen LogP contribution in [0.3, 0.4) is 0 Å². The summed E-state index contributed by atoms with van der Waals surface area (Å²) in [6, 6.07) is 13.3. The number of aromatic nitrogens is 2. The molecule has 1 heterocycles. The Bertz CT molecular complexity index is 1090. The van der Waals surface area contributed by atoms with E-state index in [0.717, 1.165) is 0 Å². The molecule has 0 unspecified atom stereocenters. The fourth-order valence-corrected chi connectivity index (χ4v) is 2.48. The molecule has 0 spiro atoms. The summed E-state index contributed by atoms with van der Waals surface area (Å²) in [5.74, 6) is -1.03. The Kier molecular flexibility index (Phi) is 6.26. The molecule has 2 aromatic carbocycles. The van der Waals surface area contributed by atoms with Crippen molar-refractivity contribution in [2.75, 3.05) is 11.9 Å². The van der Waals surface area contributed by atoms with Gasteiger partial charge in [0, 0.05) is 6.08 Å². The quantitative estimate of drug-likeness (QED) is 0.408. The molecule has 156 valence electrons. The number of ether oxygens (including phenoxy) is 1. The third-order valence-corrected chi connectivity index (χ3v) is 4.01. The normalized spacial score (nSPS) is 12.8. The van der Waals surface area contributed by atoms with E-state index in [0.29, 0.717) is 17.1 Å². The molecule has 0 aliphatic rings. The van der Waals surface area contributed by atoms with Crippen LogP contribution in [0.5, 0.6) is 0 Å². The van der Waals surface area contributed by atoms with Crippen molar-refractivity contribution in [3.8, 4) is 0 Å².